The molecule has 0 amide bonds. The number of piperidine rings is 1. The van der Waals surface area contributed by atoms with Crippen molar-refractivity contribution in [1.82, 2.24) is 15.6 Å². The molecule has 1 unspecified atom stereocenters. The summed E-state index contributed by atoms with van der Waals surface area (Å²) < 4.78 is 5.01. The summed E-state index contributed by atoms with van der Waals surface area (Å²) in [7, 11) is 1.70. The first-order chi connectivity index (χ1) is 12.2. The molecule has 0 spiro atoms. The minimum absolute atomic E-state index is 0.327. The van der Waals surface area contributed by atoms with E-state index in [0.29, 0.717) is 11.2 Å². The van der Waals surface area contributed by atoms with E-state index in [1.54, 1.807) is 7.11 Å². The summed E-state index contributed by atoms with van der Waals surface area (Å²) in [6, 6.07) is 8.39. The van der Waals surface area contributed by atoms with Gasteiger partial charge in [-0.2, -0.15) is 5.10 Å². The summed E-state index contributed by atoms with van der Waals surface area (Å²) >= 11 is 11.2. The lowest BCUT2D eigenvalue weighted by atomic mass is 10.0. The monoisotopic (exact) mass is 382 g/mol. The van der Waals surface area contributed by atoms with Crippen molar-refractivity contribution in [1.29, 1.82) is 0 Å². The molecule has 1 aliphatic heterocycles. The summed E-state index contributed by atoms with van der Waals surface area (Å²) in [5, 5.41) is 8.76. The Morgan fingerprint density at radius 1 is 1.40 bits per heavy atom. The van der Waals surface area contributed by atoms with Crippen LogP contribution in [0.5, 0.6) is 0 Å². The van der Waals surface area contributed by atoms with Gasteiger partial charge in [-0.25, -0.2) is 0 Å². The highest BCUT2D eigenvalue weighted by molar-refractivity contribution is 7.80. The van der Waals surface area contributed by atoms with Gasteiger partial charge < -0.3 is 10.1 Å². The van der Waals surface area contributed by atoms with Crippen LogP contribution in [0.25, 0.3) is 0 Å². The van der Waals surface area contributed by atoms with E-state index in [1.165, 1.54) is 18.4 Å². The van der Waals surface area contributed by atoms with E-state index < -0.39 is 0 Å². The summed E-state index contributed by atoms with van der Waals surface area (Å²) in [6.45, 7) is 3.49. The Hall–Kier alpha value is -1.21. The van der Waals surface area contributed by atoms with Crippen LogP contribution in [0.4, 0.5) is 0 Å². The van der Waals surface area contributed by atoms with Crippen molar-refractivity contribution in [3.8, 4) is 0 Å². The number of thiocarbonyl (C=S) groups is 1. The Morgan fingerprint density at radius 2 is 2.20 bits per heavy atom. The molecule has 0 aliphatic carbocycles. The van der Waals surface area contributed by atoms with Crippen LogP contribution >= 0.6 is 23.8 Å². The topological polar surface area (TPSA) is 48.9 Å². The van der Waals surface area contributed by atoms with E-state index in [-0.39, 0.29) is 0 Å². The first-order valence-electron chi connectivity index (χ1n) is 8.73. The normalized spacial score (nSPS) is 18.4. The van der Waals surface area contributed by atoms with Gasteiger partial charge in [0.25, 0.3) is 0 Å². The maximum Gasteiger partial charge on any atom is 0.186 e. The molecule has 1 heterocycles. The van der Waals surface area contributed by atoms with Crippen molar-refractivity contribution in [3.63, 3.8) is 0 Å². The maximum atomic E-state index is 5.97. The molecule has 5 nitrogen and oxygen atoms in total. The number of methoxy groups -OCH3 is 1. The SMILES string of the molecule is COCCCNC(=S)NN=CC1CCCCN1Cc1ccc(Cl)cc1. The molecule has 7 heteroatoms. The van der Waals surface area contributed by atoms with E-state index in [9.17, 15) is 0 Å². The second-order valence-electron chi connectivity index (χ2n) is 6.15. The lowest BCUT2D eigenvalue weighted by molar-refractivity contribution is 0.186. The predicted octanol–water partition coefficient (Wildman–Crippen LogP) is 3.18. The van der Waals surface area contributed by atoms with Gasteiger partial charge >= 0.3 is 0 Å². The molecule has 1 aliphatic rings. The Labute approximate surface area is 160 Å². The Balaban J connectivity index is 1.79. The number of nitrogens with one attached hydrogen (secondary N) is 2. The number of nitrogens with zero attached hydrogens (tertiary/aromatic N) is 2. The quantitative estimate of drug-likeness (QED) is 0.313. The van der Waals surface area contributed by atoms with Crippen molar-refractivity contribution in [3.05, 3.63) is 34.9 Å². The highest BCUT2D eigenvalue weighted by atomic mass is 35.5. The zero-order valence-electron chi connectivity index (χ0n) is 14.7. The van der Waals surface area contributed by atoms with Gasteiger partial charge in [0.05, 0.1) is 0 Å². The number of rotatable bonds is 8. The second-order valence-corrected chi connectivity index (χ2v) is 7.00. The van der Waals surface area contributed by atoms with Crippen molar-refractivity contribution in [2.75, 3.05) is 26.8 Å². The van der Waals surface area contributed by atoms with Crippen LogP contribution < -0.4 is 10.7 Å². The highest BCUT2D eigenvalue weighted by Crippen LogP contribution is 2.19. The molecule has 1 fully saturated rings. The predicted molar refractivity (Wildman–Crippen MR) is 108 cm³/mol. The first-order valence-corrected chi connectivity index (χ1v) is 9.52. The summed E-state index contributed by atoms with van der Waals surface area (Å²) in [5.41, 5.74) is 4.17. The van der Waals surface area contributed by atoms with Gasteiger partial charge in [0.15, 0.2) is 5.11 Å². The average Bonchev–Trinajstić information content (AvgIpc) is 2.62. The molecular formula is C18H27ClN4OS. The number of halogens is 1. The number of benzene rings is 1. The third-order valence-electron chi connectivity index (χ3n) is 4.19. The van der Waals surface area contributed by atoms with Gasteiger partial charge in [-0.3, -0.25) is 10.3 Å². The number of hydrogen-bond donors (Lipinski definition) is 2. The van der Waals surface area contributed by atoms with Crippen LogP contribution in [0.15, 0.2) is 29.4 Å². The molecule has 1 atom stereocenters. The zero-order valence-corrected chi connectivity index (χ0v) is 16.3. The van der Waals surface area contributed by atoms with Gasteiger partial charge in [0.1, 0.15) is 0 Å². The van der Waals surface area contributed by atoms with Gasteiger partial charge in [-0.1, -0.05) is 30.2 Å². The van der Waals surface area contributed by atoms with Gasteiger partial charge in [0, 0.05) is 44.1 Å². The van der Waals surface area contributed by atoms with Crippen LogP contribution in [-0.2, 0) is 11.3 Å². The summed E-state index contributed by atoms with van der Waals surface area (Å²) in [6.07, 6.45) is 6.46. The number of hydrogen-bond acceptors (Lipinski definition) is 4. The van der Waals surface area contributed by atoms with Crippen LogP contribution in [0, 0.1) is 0 Å². The fourth-order valence-electron chi connectivity index (χ4n) is 2.85. The van der Waals surface area contributed by atoms with E-state index in [1.807, 2.05) is 18.3 Å². The molecule has 0 radical (unpaired) electrons. The fourth-order valence-corrected chi connectivity index (χ4v) is 3.13. The summed E-state index contributed by atoms with van der Waals surface area (Å²) in [5.74, 6) is 0. The van der Waals surface area contributed by atoms with Gasteiger partial charge in [-0.15, -0.1) is 0 Å². The smallest absolute Gasteiger partial charge is 0.186 e. The third kappa shape index (κ3) is 7.69. The van der Waals surface area contributed by atoms with Gasteiger partial charge in [-0.05, 0) is 55.7 Å². The lowest BCUT2D eigenvalue weighted by Gasteiger charge is -2.33. The Bertz CT molecular complexity index is 553. The van der Waals surface area contributed by atoms with E-state index in [0.717, 1.165) is 44.1 Å². The number of ether oxygens (including phenoxy) is 1. The molecule has 1 aromatic rings. The molecule has 25 heavy (non-hydrogen) atoms. The molecule has 1 saturated heterocycles. The minimum atomic E-state index is 0.327. The average molecular weight is 383 g/mol. The molecule has 0 aromatic heterocycles. The van der Waals surface area contributed by atoms with E-state index >= 15 is 0 Å². The highest BCUT2D eigenvalue weighted by Gasteiger charge is 2.20. The Morgan fingerprint density at radius 3 is 2.96 bits per heavy atom. The van der Waals surface area contributed by atoms with Crippen LogP contribution in [0.1, 0.15) is 31.2 Å². The Kier molecular flexibility index (Phi) is 9.18. The molecule has 0 bridgehead atoms. The van der Waals surface area contributed by atoms with Crippen LogP contribution in [0.3, 0.4) is 0 Å². The minimum Gasteiger partial charge on any atom is -0.385 e. The number of likely N-dealkylation sites (tertiary alicyclic amines) is 1. The molecule has 1 aromatic carbocycles. The van der Waals surface area contributed by atoms with E-state index in [4.69, 9.17) is 28.6 Å². The molecule has 2 rings (SSSR count). The standard InChI is InChI=1S/C18H27ClN4OS/c1-24-12-4-10-20-18(25)22-21-13-17-5-2-3-11-23(17)14-15-6-8-16(19)9-7-15/h6-9,13,17H,2-5,10-12,14H2,1H3,(H2,20,22,25). The second kappa shape index (κ2) is 11.4. The van der Waals surface area contributed by atoms with Crippen molar-refractivity contribution >= 4 is 35.1 Å². The summed E-state index contributed by atoms with van der Waals surface area (Å²) in [4.78, 5) is 2.45. The number of hydrazone groups is 1. The van der Waals surface area contributed by atoms with Crippen molar-refractivity contribution < 1.29 is 4.74 Å². The molecule has 0 saturated carbocycles. The van der Waals surface area contributed by atoms with Crippen molar-refractivity contribution in [2.24, 2.45) is 5.10 Å². The molecular weight excluding hydrogens is 356 g/mol. The fraction of sp³-hybridized carbons (Fsp3) is 0.556. The lowest BCUT2D eigenvalue weighted by Crippen LogP contribution is -2.41. The first kappa shape index (κ1) is 20.1. The van der Waals surface area contributed by atoms with E-state index in [2.05, 4.69) is 32.9 Å². The van der Waals surface area contributed by atoms with Gasteiger partial charge in [0.2, 0.25) is 0 Å². The maximum absolute atomic E-state index is 5.97. The zero-order chi connectivity index (χ0) is 17.9. The molecule has 2 N–H and O–H groups in total. The third-order valence-corrected chi connectivity index (χ3v) is 4.67. The van der Waals surface area contributed by atoms with Crippen molar-refractivity contribution in [2.45, 2.75) is 38.3 Å². The van der Waals surface area contributed by atoms with Crippen LogP contribution in [0.2, 0.25) is 5.02 Å². The molecule has 138 valence electrons. The van der Waals surface area contributed by atoms with Crippen LogP contribution in [-0.4, -0.2) is 49.1 Å². The largest absolute Gasteiger partial charge is 0.385 e.